The summed E-state index contributed by atoms with van der Waals surface area (Å²) in [5, 5.41) is 14.2. The number of anilines is 2. The monoisotopic (exact) mass is 363 g/mol. The molecule has 2 aromatic rings. The van der Waals surface area contributed by atoms with Gasteiger partial charge in [-0.1, -0.05) is 0 Å². The molecule has 9 heteroatoms. The highest BCUT2D eigenvalue weighted by atomic mass is 16.6. The van der Waals surface area contributed by atoms with Crippen molar-refractivity contribution in [1.82, 2.24) is 4.98 Å². The van der Waals surface area contributed by atoms with Gasteiger partial charge in [-0.3, -0.25) is 14.9 Å². The Morgan fingerprint density at radius 2 is 1.96 bits per heavy atom. The molecule has 0 saturated carbocycles. The molecule has 0 aliphatic heterocycles. The Hall–Kier alpha value is -3.10. The number of benzene rings is 1. The summed E-state index contributed by atoms with van der Waals surface area (Å²) in [6, 6.07) is 1.89. The second kappa shape index (κ2) is 7.03. The maximum atomic E-state index is 12.3. The van der Waals surface area contributed by atoms with E-state index in [1.807, 2.05) is 0 Å². The number of carboxylic acid groups (broad SMARTS) is 1. The van der Waals surface area contributed by atoms with Crippen molar-refractivity contribution >= 4 is 34.7 Å². The molecule has 0 aliphatic rings. The van der Waals surface area contributed by atoms with Crippen molar-refractivity contribution in [3.05, 3.63) is 28.0 Å². The highest BCUT2D eigenvalue weighted by Crippen LogP contribution is 2.25. The SMILES string of the molecule is Cc1c(NC(=O)OC(C)(C)C)ccc2oc(N[C@@H](C)C(=O)O)nc(=O)c12. The van der Waals surface area contributed by atoms with Gasteiger partial charge in [0.05, 0.1) is 5.39 Å². The lowest BCUT2D eigenvalue weighted by atomic mass is 10.1. The van der Waals surface area contributed by atoms with Gasteiger partial charge in [0.15, 0.2) is 0 Å². The average molecular weight is 363 g/mol. The zero-order chi connectivity index (χ0) is 19.6. The largest absolute Gasteiger partial charge is 0.480 e. The number of carboxylic acids is 1. The van der Waals surface area contributed by atoms with E-state index < -0.39 is 29.3 Å². The Morgan fingerprint density at radius 1 is 1.31 bits per heavy atom. The number of fused-ring (bicyclic) bond motifs is 1. The second-order valence-corrected chi connectivity index (χ2v) is 6.77. The fourth-order valence-corrected chi connectivity index (χ4v) is 2.17. The highest BCUT2D eigenvalue weighted by Gasteiger charge is 2.19. The van der Waals surface area contributed by atoms with E-state index in [4.69, 9.17) is 14.3 Å². The van der Waals surface area contributed by atoms with E-state index in [9.17, 15) is 14.4 Å². The van der Waals surface area contributed by atoms with Gasteiger partial charge in [0.2, 0.25) is 0 Å². The smallest absolute Gasteiger partial charge is 0.412 e. The van der Waals surface area contributed by atoms with Gasteiger partial charge in [0.1, 0.15) is 17.2 Å². The van der Waals surface area contributed by atoms with Crippen molar-refractivity contribution in [2.75, 3.05) is 10.6 Å². The lowest BCUT2D eigenvalue weighted by molar-refractivity contribution is -0.137. The fourth-order valence-electron chi connectivity index (χ4n) is 2.17. The van der Waals surface area contributed by atoms with Gasteiger partial charge in [0.25, 0.3) is 11.6 Å². The van der Waals surface area contributed by atoms with Crippen molar-refractivity contribution in [1.29, 1.82) is 0 Å². The first-order chi connectivity index (χ1) is 12.0. The molecule has 1 atom stereocenters. The Morgan fingerprint density at radius 3 is 2.54 bits per heavy atom. The van der Waals surface area contributed by atoms with Gasteiger partial charge < -0.3 is 19.6 Å². The normalized spacial score (nSPS) is 12.5. The Bertz CT molecular complexity index is 913. The van der Waals surface area contributed by atoms with Crippen LogP contribution in [0.5, 0.6) is 0 Å². The zero-order valence-corrected chi connectivity index (χ0v) is 15.2. The van der Waals surface area contributed by atoms with Crippen molar-refractivity contribution in [3.63, 3.8) is 0 Å². The third kappa shape index (κ3) is 4.50. The number of aryl methyl sites for hydroxylation is 1. The first-order valence-electron chi connectivity index (χ1n) is 7.92. The number of nitrogens with zero attached hydrogens (tertiary/aromatic N) is 1. The predicted molar refractivity (Wildman–Crippen MR) is 95.6 cm³/mol. The van der Waals surface area contributed by atoms with Crippen LogP contribution in [0.4, 0.5) is 16.5 Å². The Labute approximate surface area is 149 Å². The van der Waals surface area contributed by atoms with E-state index in [2.05, 4.69) is 15.6 Å². The van der Waals surface area contributed by atoms with E-state index in [0.717, 1.165) is 0 Å². The molecule has 2 rings (SSSR count). The van der Waals surface area contributed by atoms with Crippen LogP contribution in [0, 0.1) is 6.92 Å². The predicted octanol–water partition coefficient (Wildman–Crippen LogP) is 2.73. The highest BCUT2D eigenvalue weighted by molar-refractivity contribution is 5.92. The second-order valence-electron chi connectivity index (χ2n) is 6.77. The standard InChI is InChI=1S/C17H21N3O6/c1-8-10(19-16(24)26-17(3,4)5)6-7-11-12(8)13(21)20-15(25-11)18-9(2)14(22)23/h6-7,9H,1-5H3,(H,19,24)(H,22,23)(H,18,20,21)/t9-/m0/s1. The van der Waals surface area contributed by atoms with Gasteiger partial charge >= 0.3 is 12.1 Å². The van der Waals surface area contributed by atoms with Crippen molar-refractivity contribution in [2.45, 2.75) is 46.3 Å². The van der Waals surface area contributed by atoms with E-state index in [1.54, 1.807) is 33.8 Å². The molecular formula is C17H21N3O6. The molecule has 0 aliphatic carbocycles. The molecule has 1 aromatic carbocycles. The van der Waals surface area contributed by atoms with Gasteiger partial charge in [-0.25, -0.2) is 4.79 Å². The molecule has 1 heterocycles. The zero-order valence-electron chi connectivity index (χ0n) is 15.2. The minimum absolute atomic E-state index is 0.187. The summed E-state index contributed by atoms with van der Waals surface area (Å²) in [4.78, 5) is 38.9. The van der Waals surface area contributed by atoms with Crippen LogP contribution in [-0.4, -0.2) is 33.8 Å². The number of aromatic nitrogens is 1. The number of carbonyl (C=O) groups excluding carboxylic acids is 1. The van der Waals surface area contributed by atoms with Gasteiger partial charge in [0, 0.05) is 5.69 Å². The van der Waals surface area contributed by atoms with Crippen LogP contribution >= 0.6 is 0 Å². The average Bonchev–Trinajstić information content (AvgIpc) is 2.47. The first-order valence-corrected chi connectivity index (χ1v) is 7.92. The molecule has 9 nitrogen and oxygen atoms in total. The molecule has 26 heavy (non-hydrogen) atoms. The molecule has 0 spiro atoms. The van der Waals surface area contributed by atoms with E-state index in [1.165, 1.54) is 13.0 Å². The topological polar surface area (TPSA) is 131 Å². The van der Waals surface area contributed by atoms with E-state index in [-0.39, 0.29) is 17.0 Å². The number of hydrogen-bond donors (Lipinski definition) is 3. The summed E-state index contributed by atoms with van der Waals surface area (Å²) in [5.74, 6) is -1.11. The third-order valence-corrected chi connectivity index (χ3v) is 3.40. The molecule has 0 bridgehead atoms. The Balaban J connectivity index is 2.37. The molecular weight excluding hydrogens is 342 g/mol. The number of rotatable bonds is 4. The molecule has 3 N–H and O–H groups in total. The van der Waals surface area contributed by atoms with Crippen molar-refractivity contribution in [2.24, 2.45) is 0 Å². The van der Waals surface area contributed by atoms with Gasteiger partial charge in [-0.15, -0.1) is 0 Å². The van der Waals surface area contributed by atoms with Gasteiger partial charge in [-0.05, 0) is 52.3 Å². The third-order valence-electron chi connectivity index (χ3n) is 3.40. The number of amides is 1. The summed E-state index contributed by atoms with van der Waals surface area (Å²) in [7, 11) is 0. The number of hydrogen-bond acceptors (Lipinski definition) is 7. The van der Waals surface area contributed by atoms with Crippen molar-refractivity contribution < 1.29 is 23.8 Å². The van der Waals surface area contributed by atoms with Crippen LogP contribution in [0.15, 0.2) is 21.3 Å². The Kier molecular flexibility index (Phi) is 5.20. The minimum atomic E-state index is -1.11. The summed E-state index contributed by atoms with van der Waals surface area (Å²) in [5.41, 5.74) is -0.182. The number of nitrogens with one attached hydrogen (secondary N) is 2. The number of carbonyl (C=O) groups is 2. The lowest BCUT2D eigenvalue weighted by Crippen LogP contribution is -2.28. The van der Waals surface area contributed by atoms with Crippen LogP contribution in [0.1, 0.15) is 33.3 Å². The van der Waals surface area contributed by atoms with Crippen LogP contribution in [0.3, 0.4) is 0 Å². The molecule has 140 valence electrons. The molecule has 1 amide bonds. The molecule has 0 unspecified atom stereocenters. The maximum Gasteiger partial charge on any atom is 0.412 e. The molecule has 1 aromatic heterocycles. The van der Waals surface area contributed by atoms with Crippen LogP contribution < -0.4 is 16.2 Å². The van der Waals surface area contributed by atoms with E-state index in [0.29, 0.717) is 11.3 Å². The summed E-state index contributed by atoms with van der Waals surface area (Å²) in [6.45, 7) is 8.26. The van der Waals surface area contributed by atoms with Crippen molar-refractivity contribution in [3.8, 4) is 0 Å². The molecule has 0 saturated heterocycles. The van der Waals surface area contributed by atoms with Crippen LogP contribution in [-0.2, 0) is 9.53 Å². The lowest BCUT2D eigenvalue weighted by Gasteiger charge is -2.20. The van der Waals surface area contributed by atoms with Gasteiger partial charge in [-0.2, -0.15) is 4.98 Å². The minimum Gasteiger partial charge on any atom is -0.480 e. The first kappa shape index (κ1) is 19.2. The van der Waals surface area contributed by atoms with Crippen LogP contribution in [0.2, 0.25) is 0 Å². The fraction of sp³-hybridized carbons (Fsp3) is 0.412. The maximum absolute atomic E-state index is 12.3. The van der Waals surface area contributed by atoms with Crippen LogP contribution in [0.25, 0.3) is 11.0 Å². The quantitative estimate of drug-likeness (QED) is 0.756. The molecule has 0 radical (unpaired) electrons. The summed E-state index contributed by atoms with van der Waals surface area (Å²) in [6.07, 6.45) is -0.647. The van der Waals surface area contributed by atoms with E-state index >= 15 is 0 Å². The summed E-state index contributed by atoms with van der Waals surface area (Å²) >= 11 is 0. The molecule has 0 fully saturated rings. The number of aliphatic carboxylic acids is 1. The number of ether oxygens (including phenoxy) is 1. The summed E-state index contributed by atoms with van der Waals surface area (Å²) < 4.78 is 10.6.